The van der Waals surface area contributed by atoms with Crippen LogP contribution in [-0.2, 0) is 4.79 Å². The van der Waals surface area contributed by atoms with E-state index in [-0.39, 0.29) is 5.54 Å². The van der Waals surface area contributed by atoms with Crippen molar-refractivity contribution < 1.29 is 4.79 Å². The minimum Gasteiger partial charge on any atom is -0.357 e. The summed E-state index contributed by atoms with van der Waals surface area (Å²) in [5.74, 6) is 0. The van der Waals surface area contributed by atoms with E-state index in [1.165, 1.54) is 12.8 Å². The summed E-state index contributed by atoms with van der Waals surface area (Å²) in [7, 11) is 4.12. The number of unbranched alkanes of at least 4 members (excludes halogenated alkanes) is 1. The molecule has 13 heavy (non-hydrogen) atoms. The van der Waals surface area contributed by atoms with Gasteiger partial charge in [-0.05, 0) is 27.4 Å². The standard InChI is InChI=1S/C10H22N2O/c1-5-6-7-10(2,12(3)4)8-11-9-13/h9H,5-8H2,1-4H3,(H,11,13). The number of hydrogen-bond donors (Lipinski definition) is 1. The van der Waals surface area contributed by atoms with Gasteiger partial charge in [0.05, 0.1) is 0 Å². The Morgan fingerprint density at radius 3 is 2.46 bits per heavy atom. The quantitative estimate of drug-likeness (QED) is 0.607. The SMILES string of the molecule is CCCCC(C)(CNC=O)N(C)C. The van der Waals surface area contributed by atoms with E-state index in [9.17, 15) is 4.79 Å². The van der Waals surface area contributed by atoms with Gasteiger partial charge in [-0.3, -0.25) is 4.79 Å². The maximum atomic E-state index is 10.2. The summed E-state index contributed by atoms with van der Waals surface area (Å²) in [4.78, 5) is 12.4. The van der Waals surface area contributed by atoms with Gasteiger partial charge in [0.15, 0.2) is 0 Å². The first-order valence-corrected chi connectivity index (χ1v) is 4.91. The van der Waals surface area contributed by atoms with Gasteiger partial charge in [-0.25, -0.2) is 0 Å². The molecule has 3 heteroatoms. The molecular formula is C10H22N2O. The molecule has 1 amide bonds. The highest BCUT2D eigenvalue weighted by Gasteiger charge is 2.25. The van der Waals surface area contributed by atoms with Crippen LogP contribution in [0, 0.1) is 0 Å². The smallest absolute Gasteiger partial charge is 0.207 e. The van der Waals surface area contributed by atoms with Crippen LogP contribution in [0.2, 0.25) is 0 Å². The molecule has 0 saturated carbocycles. The van der Waals surface area contributed by atoms with Gasteiger partial charge in [0.1, 0.15) is 0 Å². The third-order valence-electron chi connectivity index (χ3n) is 2.71. The van der Waals surface area contributed by atoms with Gasteiger partial charge in [-0.1, -0.05) is 19.8 Å². The second-order valence-electron chi connectivity index (χ2n) is 3.99. The average molecular weight is 186 g/mol. The number of rotatable bonds is 7. The van der Waals surface area contributed by atoms with Crippen LogP contribution in [0.25, 0.3) is 0 Å². The van der Waals surface area contributed by atoms with Crippen LogP contribution < -0.4 is 5.32 Å². The van der Waals surface area contributed by atoms with Gasteiger partial charge in [-0.15, -0.1) is 0 Å². The molecule has 0 radical (unpaired) electrons. The molecule has 0 aromatic carbocycles. The number of nitrogens with zero attached hydrogens (tertiary/aromatic N) is 1. The average Bonchev–Trinajstić information content (AvgIpc) is 2.11. The van der Waals surface area contributed by atoms with E-state index in [0.29, 0.717) is 0 Å². The van der Waals surface area contributed by atoms with Crippen LogP contribution in [0.3, 0.4) is 0 Å². The van der Waals surface area contributed by atoms with Crippen molar-refractivity contribution in [3.05, 3.63) is 0 Å². The fraction of sp³-hybridized carbons (Fsp3) is 0.900. The first kappa shape index (κ1) is 12.4. The van der Waals surface area contributed by atoms with Gasteiger partial charge in [0.2, 0.25) is 6.41 Å². The molecule has 0 spiro atoms. The van der Waals surface area contributed by atoms with Crippen molar-refractivity contribution in [3.63, 3.8) is 0 Å². The van der Waals surface area contributed by atoms with Crippen LogP contribution in [0.4, 0.5) is 0 Å². The third kappa shape index (κ3) is 4.27. The maximum absolute atomic E-state index is 10.2. The van der Waals surface area contributed by atoms with Gasteiger partial charge in [0.25, 0.3) is 0 Å². The molecule has 0 fully saturated rings. The summed E-state index contributed by atoms with van der Waals surface area (Å²) in [5.41, 5.74) is 0.0942. The monoisotopic (exact) mass is 186 g/mol. The summed E-state index contributed by atoms with van der Waals surface area (Å²) >= 11 is 0. The Bertz CT molecular complexity index is 148. The van der Waals surface area contributed by atoms with Crippen molar-refractivity contribution in [2.75, 3.05) is 20.6 Å². The second-order valence-corrected chi connectivity index (χ2v) is 3.99. The van der Waals surface area contributed by atoms with E-state index in [4.69, 9.17) is 0 Å². The van der Waals surface area contributed by atoms with E-state index < -0.39 is 0 Å². The van der Waals surface area contributed by atoms with E-state index in [2.05, 4.69) is 38.2 Å². The van der Waals surface area contributed by atoms with Crippen LogP contribution in [0.15, 0.2) is 0 Å². The molecule has 78 valence electrons. The lowest BCUT2D eigenvalue weighted by Gasteiger charge is -2.36. The van der Waals surface area contributed by atoms with Gasteiger partial charge < -0.3 is 10.2 Å². The maximum Gasteiger partial charge on any atom is 0.207 e. The van der Waals surface area contributed by atoms with Crippen LogP contribution in [-0.4, -0.2) is 37.5 Å². The molecule has 0 bridgehead atoms. The van der Waals surface area contributed by atoms with E-state index in [1.54, 1.807) is 0 Å². The zero-order valence-corrected chi connectivity index (χ0v) is 9.26. The summed E-state index contributed by atoms with van der Waals surface area (Å²) in [5, 5.41) is 2.76. The number of hydrogen-bond acceptors (Lipinski definition) is 2. The van der Waals surface area contributed by atoms with Gasteiger partial charge in [-0.2, -0.15) is 0 Å². The molecule has 0 aromatic rings. The van der Waals surface area contributed by atoms with Crippen molar-refractivity contribution in [2.45, 2.75) is 38.6 Å². The molecule has 1 atom stereocenters. The molecule has 0 aliphatic rings. The molecule has 0 rings (SSSR count). The van der Waals surface area contributed by atoms with Crippen molar-refractivity contribution in [1.82, 2.24) is 10.2 Å². The Morgan fingerprint density at radius 1 is 1.46 bits per heavy atom. The third-order valence-corrected chi connectivity index (χ3v) is 2.71. The topological polar surface area (TPSA) is 32.3 Å². The Morgan fingerprint density at radius 2 is 2.08 bits per heavy atom. The second kappa shape index (κ2) is 5.97. The fourth-order valence-corrected chi connectivity index (χ4v) is 1.29. The first-order chi connectivity index (χ1) is 6.06. The van der Waals surface area contributed by atoms with Crippen molar-refractivity contribution in [3.8, 4) is 0 Å². The highest BCUT2D eigenvalue weighted by Crippen LogP contribution is 2.18. The fourth-order valence-electron chi connectivity index (χ4n) is 1.29. The Balaban J connectivity index is 4.07. The van der Waals surface area contributed by atoms with Gasteiger partial charge >= 0.3 is 0 Å². The lowest BCUT2D eigenvalue weighted by molar-refractivity contribution is -0.110. The highest BCUT2D eigenvalue weighted by atomic mass is 16.1. The van der Waals surface area contributed by atoms with Crippen LogP contribution in [0.1, 0.15) is 33.1 Å². The molecule has 0 heterocycles. The molecule has 0 saturated heterocycles. The first-order valence-electron chi connectivity index (χ1n) is 4.91. The predicted molar refractivity (Wildman–Crippen MR) is 55.7 cm³/mol. The van der Waals surface area contributed by atoms with Crippen LogP contribution >= 0.6 is 0 Å². The summed E-state index contributed by atoms with van der Waals surface area (Å²) in [6, 6.07) is 0. The number of nitrogens with one attached hydrogen (secondary N) is 1. The number of likely N-dealkylation sites (N-methyl/N-ethyl adjacent to an activating group) is 1. The molecule has 0 aromatic heterocycles. The molecule has 3 nitrogen and oxygen atoms in total. The summed E-state index contributed by atoms with van der Waals surface area (Å²) in [6.45, 7) is 5.09. The van der Waals surface area contributed by atoms with Crippen molar-refractivity contribution >= 4 is 6.41 Å². The zero-order valence-electron chi connectivity index (χ0n) is 9.26. The lowest BCUT2D eigenvalue weighted by Crippen LogP contribution is -2.49. The number of carbonyl (C=O) groups excluding carboxylic acids is 1. The van der Waals surface area contributed by atoms with Crippen LogP contribution in [0.5, 0.6) is 0 Å². The van der Waals surface area contributed by atoms with E-state index in [0.717, 1.165) is 19.4 Å². The number of amides is 1. The molecular weight excluding hydrogens is 164 g/mol. The summed E-state index contributed by atoms with van der Waals surface area (Å²) in [6.07, 6.45) is 4.30. The highest BCUT2D eigenvalue weighted by molar-refractivity contribution is 5.46. The Hall–Kier alpha value is -0.570. The van der Waals surface area contributed by atoms with E-state index >= 15 is 0 Å². The minimum atomic E-state index is 0.0942. The predicted octanol–water partition coefficient (Wildman–Crippen LogP) is 1.24. The minimum absolute atomic E-state index is 0.0942. The normalized spacial score (nSPS) is 15.5. The van der Waals surface area contributed by atoms with Gasteiger partial charge in [0, 0.05) is 12.1 Å². The molecule has 0 aliphatic carbocycles. The number of carbonyl (C=O) groups is 1. The Kier molecular flexibility index (Phi) is 5.71. The van der Waals surface area contributed by atoms with Crippen molar-refractivity contribution in [1.29, 1.82) is 0 Å². The lowest BCUT2D eigenvalue weighted by atomic mass is 9.93. The zero-order chi connectivity index (χ0) is 10.3. The summed E-state index contributed by atoms with van der Waals surface area (Å²) < 4.78 is 0. The van der Waals surface area contributed by atoms with Crippen molar-refractivity contribution in [2.24, 2.45) is 0 Å². The molecule has 0 aliphatic heterocycles. The molecule has 1 N–H and O–H groups in total. The van der Waals surface area contributed by atoms with E-state index in [1.807, 2.05) is 0 Å². The Labute approximate surface area is 81.5 Å². The largest absolute Gasteiger partial charge is 0.357 e. The molecule has 1 unspecified atom stereocenters.